The number of unbranched alkanes of at least 4 members (excludes halogenated alkanes) is 3. The Hall–Kier alpha value is -0.160. The lowest BCUT2D eigenvalue weighted by atomic mass is 10.1. The summed E-state index contributed by atoms with van der Waals surface area (Å²) in [5.41, 5.74) is 5.47. The van der Waals surface area contributed by atoms with Crippen LogP contribution in [0.25, 0.3) is 0 Å². The molecular weight excluding hydrogens is 284 g/mol. The molecule has 0 aromatic heterocycles. The van der Waals surface area contributed by atoms with E-state index in [-0.39, 0.29) is 0 Å². The largest absolute Gasteiger partial charge is 0.330 e. The van der Waals surface area contributed by atoms with Crippen molar-refractivity contribution < 1.29 is 0 Å². The number of nitrogens with zero attached hydrogens (tertiary/aromatic N) is 1. The maximum Gasteiger partial charge on any atom is 0.0105 e. The average Bonchev–Trinajstić information content (AvgIpc) is 2.57. The second kappa shape index (κ2) is 18.2. The number of hydrogen-bond donors (Lipinski definition) is 3. The average molecular weight is 329 g/mol. The Bertz CT molecular complexity index is 223. The van der Waals surface area contributed by atoms with Gasteiger partial charge in [-0.15, -0.1) is 0 Å². The van der Waals surface area contributed by atoms with Crippen molar-refractivity contribution in [2.24, 2.45) is 5.73 Å². The van der Waals surface area contributed by atoms with Gasteiger partial charge in [-0.2, -0.15) is 0 Å². The molecule has 1 unspecified atom stereocenters. The van der Waals surface area contributed by atoms with Gasteiger partial charge in [0.05, 0.1) is 0 Å². The smallest absolute Gasteiger partial charge is 0.0105 e. The lowest BCUT2D eigenvalue weighted by molar-refractivity contribution is 0.186. The molecule has 0 saturated heterocycles. The van der Waals surface area contributed by atoms with E-state index in [0.29, 0.717) is 0 Å². The molecule has 140 valence electrons. The highest BCUT2D eigenvalue weighted by molar-refractivity contribution is 4.71. The van der Waals surface area contributed by atoms with Crippen molar-refractivity contribution in [2.45, 2.75) is 78.2 Å². The van der Waals surface area contributed by atoms with Crippen molar-refractivity contribution in [3.63, 3.8) is 0 Å². The van der Waals surface area contributed by atoms with Crippen LogP contribution in [-0.4, -0.2) is 56.8 Å². The van der Waals surface area contributed by atoms with Gasteiger partial charge in [0.1, 0.15) is 0 Å². The fourth-order valence-corrected chi connectivity index (χ4v) is 3.05. The summed E-state index contributed by atoms with van der Waals surface area (Å²) < 4.78 is 0. The van der Waals surface area contributed by atoms with Gasteiger partial charge in [-0.05, 0) is 84.3 Å². The van der Waals surface area contributed by atoms with Crippen LogP contribution >= 0.6 is 0 Å². The lowest BCUT2D eigenvalue weighted by Gasteiger charge is -2.30. The van der Waals surface area contributed by atoms with Gasteiger partial charge in [-0.25, -0.2) is 0 Å². The van der Waals surface area contributed by atoms with Gasteiger partial charge in [0, 0.05) is 6.04 Å². The molecule has 23 heavy (non-hydrogen) atoms. The van der Waals surface area contributed by atoms with E-state index in [9.17, 15) is 0 Å². The minimum Gasteiger partial charge on any atom is -0.330 e. The predicted molar refractivity (Wildman–Crippen MR) is 104 cm³/mol. The van der Waals surface area contributed by atoms with Crippen LogP contribution in [0.5, 0.6) is 0 Å². The van der Waals surface area contributed by atoms with Crippen LogP contribution in [0.2, 0.25) is 0 Å². The highest BCUT2D eigenvalue weighted by atomic mass is 15.1. The third-order valence-electron chi connectivity index (χ3n) is 4.61. The van der Waals surface area contributed by atoms with Crippen molar-refractivity contribution in [1.82, 2.24) is 15.5 Å². The summed E-state index contributed by atoms with van der Waals surface area (Å²) in [6, 6.07) is 0.752. The number of nitrogens with one attached hydrogen (secondary N) is 2. The Morgan fingerprint density at radius 2 is 1.48 bits per heavy atom. The monoisotopic (exact) mass is 328 g/mol. The lowest BCUT2D eigenvalue weighted by Crippen LogP contribution is -2.37. The first-order valence-electron chi connectivity index (χ1n) is 10.2. The topological polar surface area (TPSA) is 53.3 Å². The molecule has 0 saturated carbocycles. The summed E-state index contributed by atoms with van der Waals surface area (Å²) in [7, 11) is 0. The zero-order chi connectivity index (χ0) is 17.2. The first-order valence-corrected chi connectivity index (χ1v) is 10.2. The molecule has 4 N–H and O–H groups in total. The standard InChI is InChI=1S/C19H44N4/c1-4-7-10-18-23(6-3)19(5-2)12-17-22-15-9-8-14-21-16-11-13-20/h19,21-22H,4-18,20H2,1-3H3. The van der Waals surface area contributed by atoms with Crippen molar-refractivity contribution in [1.29, 1.82) is 0 Å². The van der Waals surface area contributed by atoms with Crippen LogP contribution < -0.4 is 16.4 Å². The van der Waals surface area contributed by atoms with Crippen LogP contribution in [0.15, 0.2) is 0 Å². The molecule has 0 amide bonds. The quantitative estimate of drug-likeness (QED) is 0.339. The van der Waals surface area contributed by atoms with E-state index in [0.717, 1.165) is 45.2 Å². The van der Waals surface area contributed by atoms with Crippen molar-refractivity contribution in [3.05, 3.63) is 0 Å². The molecule has 4 heteroatoms. The van der Waals surface area contributed by atoms with Gasteiger partial charge in [0.15, 0.2) is 0 Å². The molecule has 0 bridgehead atoms. The van der Waals surface area contributed by atoms with Gasteiger partial charge >= 0.3 is 0 Å². The highest BCUT2D eigenvalue weighted by Gasteiger charge is 2.13. The van der Waals surface area contributed by atoms with Crippen LogP contribution in [0.3, 0.4) is 0 Å². The second-order valence-corrected chi connectivity index (χ2v) is 6.54. The molecule has 0 spiro atoms. The first-order chi connectivity index (χ1) is 11.3. The Morgan fingerprint density at radius 1 is 0.826 bits per heavy atom. The Morgan fingerprint density at radius 3 is 2.04 bits per heavy atom. The van der Waals surface area contributed by atoms with Gasteiger partial charge in [-0.3, -0.25) is 0 Å². The molecule has 0 aliphatic carbocycles. The Kier molecular flexibility index (Phi) is 18.1. The molecule has 0 aromatic rings. The third kappa shape index (κ3) is 13.9. The maximum absolute atomic E-state index is 5.47. The van der Waals surface area contributed by atoms with Gasteiger partial charge in [0.2, 0.25) is 0 Å². The van der Waals surface area contributed by atoms with Gasteiger partial charge < -0.3 is 21.3 Å². The van der Waals surface area contributed by atoms with Gasteiger partial charge in [0.25, 0.3) is 0 Å². The molecule has 0 fully saturated rings. The second-order valence-electron chi connectivity index (χ2n) is 6.54. The summed E-state index contributed by atoms with van der Waals surface area (Å²) in [5, 5.41) is 7.06. The predicted octanol–water partition coefficient (Wildman–Crippen LogP) is 2.98. The maximum atomic E-state index is 5.47. The van der Waals surface area contributed by atoms with Crippen LogP contribution in [0.4, 0.5) is 0 Å². The molecule has 0 aliphatic rings. The third-order valence-corrected chi connectivity index (χ3v) is 4.61. The molecule has 4 nitrogen and oxygen atoms in total. The first kappa shape index (κ1) is 22.8. The Balaban J connectivity index is 3.58. The normalized spacial score (nSPS) is 12.9. The minimum atomic E-state index is 0.752. The zero-order valence-electron chi connectivity index (χ0n) is 16.2. The SMILES string of the molecule is CCCCCN(CC)C(CC)CCNCCCCNCCCN. The van der Waals surface area contributed by atoms with E-state index >= 15 is 0 Å². The number of hydrogen-bond acceptors (Lipinski definition) is 4. The van der Waals surface area contributed by atoms with E-state index < -0.39 is 0 Å². The van der Waals surface area contributed by atoms with Crippen LogP contribution in [-0.2, 0) is 0 Å². The van der Waals surface area contributed by atoms with Crippen LogP contribution in [0, 0.1) is 0 Å². The van der Waals surface area contributed by atoms with Crippen molar-refractivity contribution >= 4 is 0 Å². The van der Waals surface area contributed by atoms with E-state index in [2.05, 4.69) is 36.3 Å². The number of nitrogens with two attached hydrogens (primary N) is 1. The molecule has 0 aromatic carbocycles. The summed E-state index contributed by atoms with van der Waals surface area (Å²) >= 11 is 0. The number of rotatable bonds is 18. The van der Waals surface area contributed by atoms with E-state index in [1.165, 1.54) is 58.0 Å². The highest BCUT2D eigenvalue weighted by Crippen LogP contribution is 2.10. The van der Waals surface area contributed by atoms with Gasteiger partial charge in [-0.1, -0.05) is 33.6 Å². The molecule has 0 radical (unpaired) electrons. The summed E-state index contributed by atoms with van der Waals surface area (Å²) in [6.07, 6.45) is 10.2. The molecule has 0 aliphatic heterocycles. The van der Waals surface area contributed by atoms with Crippen molar-refractivity contribution in [3.8, 4) is 0 Å². The van der Waals surface area contributed by atoms with Crippen molar-refractivity contribution in [2.75, 3.05) is 45.8 Å². The molecule has 0 rings (SSSR count). The zero-order valence-corrected chi connectivity index (χ0v) is 16.2. The van der Waals surface area contributed by atoms with E-state index in [1.54, 1.807) is 0 Å². The summed E-state index contributed by atoms with van der Waals surface area (Å²) in [6.45, 7) is 14.7. The minimum absolute atomic E-state index is 0.752. The Labute approximate surface area is 146 Å². The molecule has 0 heterocycles. The van der Waals surface area contributed by atoms with Crippen LogP contribution in [0.1, 0.15) is 72.1 Å². The summed E-state index contributed by atoms with van der Waals surface area (Å²) in [4.78, 5) is 2.68. The molecular formula is C19H44N4. The van der Waals surface area contributed by atoms with E-state index in [4.69, 9.17) is 5.73 Å². The summed E-state index contributed by atoms with van der Waals surface area (Å²) in [5.74, 6) is 0. The fraction of sp³-hybridized carbons (Fsp3) is 1.00. The van der Waals surface area contributed by atoms with E-state index in [1.807, 2.05) is 0 Å². The molecule has 1 atom stereocenters. The fourth-order valence-electron chi connectivity index (χ4n) is 3.05.